The van der Waals surface area contributed by atoms with Crippen molar-refractivity contribution in [2.45, 2.75) is 18.9 Å². The Morgan fingerprint density at radius 2 is 2.33 bits per heavy atom. The zero-order valence-electron chi connectivity index (χ0n) is 6.82. The minimum Gasteiger partial charge on any atom is -0.485 e. The summed E-state index contributed by atoms with van der Waals surface area (Å²) in [6.07, 6.45) is 5.58. The molecule has 0 amide bonds. The summed E-state index contributed by atoms with van der Waals surface area (Å²) in [7, 11) is 0. The van der Waals surface area contributed by atoms with Crippen molar-refractivity contribution in [2.24, 2.45) is 0 Å². The van der Waals surface area contributed by atoms with E-state index in [1.807, 2.05) is 0 Å². The number of rotatable bonds is 2. The maximum atomic E-state index is 5.60. The van der Waals surface area contributed by atoms with E-state index in [0.717, 1.165) is 31.7 Å². The topological polar surface area (TPSA) is 47.3 Å². The van der Waals surface area contributed by atoms with Crippen LogP contribution in [-0.4, -0.2) is 24.4 Å². The lowest BCUT2D eigenvalue weighted by molar-refractivity contribution is 0.161. The number of nitrogens with one attached hydrogen (secondary N) is 1. The highest BCUT2D eigenvalue weighted by Crippen LogP contribution is 2.14. The van der Waals surface area contributed by atoms with Crippen LogP contribution < -0.4 is 10.1 Å². The summed E-state index contributed by atoms with van der Waals surface area (Å²) in [6, 6.07) is 0. The molecule has 0 atom stereocenters. The molecule has 1 aromatic heterocycles. The van der Waals surface area contributed by atoms with E-state index in [1.54, 1.807) is 6.20 Å². The van der Waals surface area contributed by atoms with E-state index in [1.165, 1.54) is 6.26 Å². The lowest BCUT2D eigenvalue weighted by atomic mass is 10.1. The zero-order chi connectivity index (χ0) is 8.23. The standard InChI is InChI=1S/C8H12N2O2/c1-3-9-4-2-7(1)12-8-5-10-11-6-8/h5-7,9H,1-4H2. The number of hydrogen-bond acceptors (Lipinski definition) is 4. The molecule has 1 aliphatic rings. The van der Waals surface area contributed by atoms with Crippen LogP contribution in [0.2, 0.25) is 0 Å². The lowest BCUT2D eigenvalue weighted by Gasteiger charge is -2.22. The molecule has 1 aliphatic heterocycles. The van der Waals surface area contributed by atoms with Crippen LogP contribution in [0.3, 0.4) is 0 Å². The molecule has 0 bridgehead atoms. The number of nitrogens with zero attached hydrogens (tertiary/aromatic N) is 1. The second-order valence-electron chi connectivity index (χ2n) is 2.93. The number of ether oxygens (including phenoxy) is 1. The van der Waals surface area contributed by atoms with Gasteiger partial charge in [-0.15, -0.1) is 0 Å². The van der Waals surface area contributed by atoms with E-state index in [-0.39, 0.29) is 0 Å². The fraction of sp³-hybridized carbons (Fsp3) is 0.625. The number of piperidine rings is 1. The van der Waals surface area contributed by atoms with Crippen molar-refractivity contribution in [1.82, 2.24) is 10.5 Å². The van der Waals surface area contributed by atoms with Gasteiger partial charge in [0.05, 0.1) is 0 Å². The maximum Gasteiger partial charge on any atom is 0.179 e. The summed E-state index contributed by atoms with van der Waals surface area (Å²) in [6.45, 7) is 2.08. The molecule has 1 fully saturated rings. The normalized spacial score (nSPS) is 19.3. The second-order valence-corrected chi connectivity index (χ2v) is 2.93. The molecule has 1 aromatic rings. The summed E-state index contributed by atoms with van der Waals surface area (Å²) < 4.78 is 10.3. The Bertz CT molecular complexity index is 217. The van der Waals surface area contributed by atoms with Crippen LogP contribution in [-0.2, 0) is 0 Å². The minimum absolute atomic E-state index is 0.325. The molecular weight excluding hydrogens is 156 g/mol. The lowest BCUT2D eigenvalue weighted by Crippen LogP contribution is -2.34. The van der Waals surface area contributed by atoms with Gasteiger partial charge in [-0.3, -0.25) is 0 Å². The molecule has 1 N–H and O–H groups in total. The maximum absolute atomic E-state index is 5.60. The highest BCUT2D eigenvalue weighted by molar-refractivity contribution is 5.08. The van der Waals surface area contributed by atoms with E-state index < -0.39 is 0 Å². The first-order chi connectivity index (χ1) is 5.95. The van der Waals surface area contributed by atoms with Gasteiger partial charge in [0.2, 0.25) is 0 Å². The van der Waals surface area contributed by atoms with E-state index in [4.69, 9.17) is 4.74 Å². The van der Waals surface area contributed by atoms with E-state index in [9.17, 15) is 0 Å². The van der Waals surface area contributed by atoms with Gasteiger partial charge in [0.25, 0.3) is 0 Å². The molecule has 2 heterocycles. The van der Waals surface area contributed by atoms with Crippen molar-refractivity contribution in [3.8, 4) is 5.75 Å². The van der Waals surface area contributed by atoms with Crippen LogP contribution in [0.5, 0.6) is 5.75 Å². The average molecular weight is 168 g/mol. The van der Waals surface area contributed by atoms with E-state index in [0.29, 0.717) is 6.10 Å². The van der Waals surface area contributed by atoms with Gasteiger partial charge in [0.1, 0.15) is 12.3 Å². The smallest absolute Gasteiger partial charge is 0.179 e. The molecule has 1 saturated heterocycles. The zero-order valence-corrected chi connectivity index (χ0v) is 6.82. The van der Waals surface area contributed by atoms with Gasteiger partial charge in [-0.25, -0.2) is 0 Å². The van der Waals surface area contributed by atoms with Gasteiger partial charge in [-0.05, 0) is 25.9 Å². The third-order valence-electron chi connectivity index (χ3n) is 2.00. The second kappa shape index (κ2) is 3.58. The first kappa shape index (κ1) is 7.61. The summed E-state index contributed by atoms with van der Waals surface area (Å²) in [5.41, 5.74) is 0. The van der Waals surface area contributed by atoms with Crippen LogP contribution in [0.25, 0.3) is 0 Å². The molecule has 12 heavy (non-hydrogen) atoms. The minimum atomic E-state index is 0.325. The van der Waals surface area contributed by atoms with E-state index in [2.05, 4.69) is 15.0 Å². The summed E-state index contributed by atoms with van der Waals surface area (Å²) in [4.78, 5) is 0. The van der Waals surface area contributed by atoms with E-state index >= 15 is 0 Å². The number of aromatic nitrogens is 1. The Morgan fingerprint density at radius 1 is 1.50 bits per heavy atom. The van der Waals surface area contributed by atoms with Crippen molar-refractivity contribution in [3.63, 3.8) is 0 Å². The third kappa shape index (κ3) is 1.76. The number of hydrogen-bond donors (Lipinski definition) is 1. The molecule has 0 unspecified atom stereocenters. The van der Waals surface area contributed by atoms with Gasteiger partial charge in [0, 0.05) is 0 Å². The molecule has 4 heteroatoms. The molecule has 0 aromatic carbocycles. The van der Waals surface area contributed by atoms with Gasteiger partial charge in [-0.2, -0.15) is 0 Å². The van der Waals surface area contributed by atoms with Crippen molar-refractivity contribution < 1.29 is 9.26 Å². The Kier molecular flexibility index (Phi) is 2.27. The Hall–Kier alpha value is -1.03. The Labute approximate surface area is 70.9 Å². The van der Waals surface area contributed by atoms with Crippen molar-refractivity contribution >= 4 is 0 Å². The highest BCUT2D eigenvalue weighted by Gasteiger charge is 2.14. The third-order valence-corrected chi connectivity index (χ3v) is 2.00. The summed E-state index contributed by atoms with van der Waals surface area (Å²) in [5, 5.41) is 6.85. The molecule has 0 radical (unpaired) electrons. The molecule has 2 rings (SSSR count). The van der Waals surface area contributed by atoms with Crippen molar-refractivity contribution in [2.75, 3.05) is 13.1 Å². The SMILES string of the molecule is c1nocc1OC1CCNCC1. The molecule has 0 saturated carbocycles. The van der Waals surface area contributed by atoms with Gasteiger partial charge in [0.15, 0.2) is 12.0 Å². The predicted octanol–water partition coefficient (Wildman–Crippen LogP) is 0.805. The first-order valence-electron chi connectivity index (χ1n) is 4.22. The summed E-state index contributed by atoms with van der Waals surface area (Å²) in [5.74, 6) is 0.738. The fourth-order valence-corrected chi connectivity index (χ4v) is 1.36. The Morgan fingerprint density at radius 3 is 3.00 bits per heavy atom. The van der Waals surface area contributed by atoms with Gasteiger partial charge < -0.3 is 14.6 Å². The van der Waals surface area contributed by atoms with Gasteiger partial charge >= 0.3 is 0 Å². The summed E-state index contributed by atoms with van der Waals surface area (Å²) >= 11 is 0. The molecular formula is C8H12N2O2. The average Bonchev–Trinajstić information content (AvgIpc) is 2.59. The quantitative estimate of drug-likeness (QED) is 0.709. The first-order valence-corrected chi connectivity index (χ1v) is 4.22. The molecule has 4 nitrogen and oxygen atoms in total. The Balaban J connectivity index is 1.86. The molecule has 66 valence electrons. The van der Waals surface area contributed by atoms with Crippen molar-refractivity contribution in [1.29, 1.82) is 0 Å². The van der Waals surface area contributed by atoms with Crippen molar-refractivity contribution in [3.05, 3.63) is 12.5 Å². The van der Waals surface area contributed by atoms with Crippen LogP contribution in [0.1, 0.15) is 12.8 Å². The van der Waals surface area contributed by atoms with Crippen LogP contribution in [0, 0.1) is 0 Å². The largest absolute Gasteiger partial charge is 0.485 e. The monoisotopic (exact) mass is 168 g/mol. The predicted molar refractivity (Wildman–Crippen MR) is 43.0 cm³/mol. The highest BCUT2D eigenvalue weighted by atomic mass is 16.5. The van der Waals surface area contributed by atoms with Crippen LogP contribution in [0.4, 0.5) is 0 Å². The van der Waals surface area contributed by atoms with Crippen LogP contribution >= 0.6 is 0 Å². The van der Waals surface area contributed by atoms with Gasteiger partial charge in [-0.1, -0.05) is 5.16 Å². The molecule has 0 spiro atoms. The fourth-order valence-electron chi connectivity index (χ4n) is 1.36. The molecule has 0 aliphatic carbocycles. The van der Waals surface area contributed by atoms with Crippen LogP contribution in [0.15, 0.2) is 17.0 Å².